The van der Waals surface area contributed by atoms with Gasteiger partial charge in [0.1, 0.15) is 4.21 Å². The Kier molecular flexibility index (Phi) is 4.23. The van der Waals surface area contributed by atoms with Crippen molar-refractivity contribution in [1.29, 1.82) is 0 Å². The summed E-state index contributed by atoms with van der Waals surface area (Å²) in [5.74, 6) is 1.12. The second kappa shape index (κ2) is 6.07. The first-order chi connectivity index (χ1) is 11.3. The molecule has 126 valence electrons. The van der Waals surface area contributed by atoms with E-state index in [-0.39, 0.29) is 4.21 Å². The third-order valence-electron chi connectivity index (χ3n) is 3.62. The van der Waals surface area contributed by atoms with Crippen LogP contribution in [0.25, 0.3) is 10.6 Å². The zero-order chi connectivity index (χ0) is 17.5. The van der Waals surface area contributed by atoms with E-state index in [1.165, 1.54) is 0 Å². The normalized spacial score (nSPS) is 11.7. The van der Waals surface area contributed by atoms with Crippen molar-refractivity contribution in [3.8, 4) is 10.6 Å². The molecule has 0 saturated heterocycles. The summed E-state index contributed by atoms with van der Waals surface area (Å²) < 4.78 is 33.8. The molecule has 0 amide bonds. The molecule has 2 aromatic heterocycles. The zero-order valence-corrected chi connectivity index (χ0v) is 15.5. The molecular formula is C17H18N2O3S2. The van der Waals surface area contributed by atoms with Crippen molar-refractivity contribution in [2.75, 3.05) is 4.72 Å². The minimum atomic E-state index is -3.65. The van der Waals surface area contributed by atoms with Gasteiger partial charge in [-0.1, -0.05) is 17.7 Å². The average Bonchev–Trinajstić information content (AvgIpc) is 3.11. The Labute approximate surface area is 145 Å². The fourth-order valence-electron chi connectivity index (χ4n) is 2.60. The summed E-state index contributed by atoms with van der Waals surface area (Å²) in [5.41, 5.74) is 3.54. The van der Waals surface area contributed by atoms with Crippen LogP contribution >= 0.6 is 11.3 Å². The molecule has 0 atom stereocenters. The first-order valence-corrected chi connectivity index (χ1v) is 9.69. The van der Waals surface area contributed by atoms with E-state index in [9.17, 15) is 8.42 Å². The molecule has 1 N–H and O–H groups in total. The lowest BCUT2D eigenvalue weighted by Gasteiger charge is -2.13. The van der Waals surface area contributed by atoms with Gasteiger partial charge in [0.15, 0.2) is 11.7 Å². The molecule has 7 heteroatoms. The van der Waals surface area contributed by atoms with Crippen molar-refractivity contribution >= 4 is 27.0 Å². The molecule has 3 aromatic rings. The van der Waals surface area contributed by atoms with Crippen molar-refractivity contribution in [3.05, 3.63) is 53.0 Å². The standard InChI is InChI=1S/C17H18N2O3S2/c1-10-7-11(2)17(12(3)8-10)19-24(20,21)16-6-5-15(23-16)14-9-18-13(4)22-14/h5-9,19H,1-4H3. The topological polar surface area (TPSA) is 72.2 Å². The van der Waals surface area contributed by atoms with Crippen LogP contribution in [0.4, 0.5) is 5.69 Å². The van der Waals surface area contributed by atoms with Gasteiger partial charge in [-0.25, -0.2) is 13.4 Å². The molecule has 0 fully saturated rings. The lowest BCUT2D eigenvalue weighted by atomic mass is 10.1. The molecule has 0 radical (unpaired) electrons. The fraction of sp³-hybridized carbons (Fsp3) is 0.235. The predicted molar refractivity (Wildman–Crippen MR) is 96.0 cm³/mol. The number of rotatable bonds is 4. The number of hydrogen-bond acceptors (Lipinski definition) is 5. The van der Waals surface area contributed by atoms with Gasteiger partial charge in [0.25, 0.3) is 10.0 Å². The van der Waals surface area contributed by atoms with Crippen molar-refractivity contribution in [2.24, 2.45) is 0 Å². The fourth-order valence-corrected chi connectivity index (χ4v) is 5.05. The molecule has 0 spiro atoms. The van der Waals surface area contributed by atoms with Gasteiger partial charge >= 0.3 is 0 Å². The average molecular weight is 362 g/mol. The highest BCUT2D eigenvalue weighted by Crippen LogP contribution is 2.33. The van der Waals surface area contributed by atoms with Gasteiger partial charge in [-0.15, -0.1) is 11.3 Å². The largest absolute Gasteiger partial charge is 0.440 e. The van der Waals surface area contributed by atoms with Gasteiger partial charge in [0.2, 0.25) is 0 Å². The Morgan fingerprint density at radius 1 is 1.08 bits per heavy atom. The highest BCUT2D eigenvalue weighted by Gasteiger charge is 2.20. The lowest BCUT2D eigenvalue weighted by Crippen LogP contribution is -2.13. The van der Waals surface area contributed by atoms with Crippen LogP contribution in [-0.4, -0.2) is 13.4 Å². The van der Waals surface area contributed by atoms with Gasteiger partial charge in [-0.3, -0.25) is 4.72 Å². The number of benzene rings is 1. The maximum absolute atomic E-state index is 12.7. The van der Waals surface area contributed by atoms with E-state index in [0.29, 0.717) is 17.3 Å². The van der Waals surface area contributed by atoms with E-state index in [4.69, 9.17) is 4.42 Å². The molecule has 1 aromatic carbocycles. The number of nitrogens with zero attached hydrogens (tertiary/aromatic N) is 1. The van der Waals surface area contributed by atoms with E-state index >= 15 is 0 Å². The van der Waals surface area contributed by atoms with Crippen LogP contribution in [0.3, 0.4) is 0 Å². The Hall–Kier alpha value is -2.12. The summed E-state index contributed by atoms with van der Waals surface area (Å²) in [4.78, 5) is 4.77. The zero-order valence-electron chi connectivity index (χ0n) is 13.9. The first kappa shape index (κ1) is 16.7. The summed E-state index contributed by atoms with van der Waals surface area (Å²) >= 11 is 1.16. The molecular weight excluding hydrogens is 344 g/mol. The Bertz CT molecular complexity index is 978. The predicted octanol–water partition coefficient (Wildman–Crippen LogP) is 4.44. The summed E-state index contributed by atoms with van der Waals surface area (Å²) in [6.45, 7) is 7.53. The van der Waals surface area contributed by atoms with E-state index in [1.54, 1.807) is 25.3 Å². The van der Waals surface area contributed by atoms with Crippen molar-refractivity contribution in [3.63, 3.8) is 0 Å². The van der Waals surface area contributed by atoms with Crippen molar-refractivity contribution < 1.29 is 12.8 Å². The first-order valence-electron chi connectivity index (χ1n) is 7.39. The van der Waals surface area contributed by atoms with Gasteiger partial charge in [-0.2, -0.15) is 0 Å². The number of aromatic nitrogens is 1. The number of thiophene rings is 1. The lowest BCUT2D eigenvalue weighted by molar-refractivity contribution is 0.535. The van der Waals surface area contributed by atoms with E-state index < -0.39 is 10.0 Å². The van der Waals surface area contributed by atoms with Crippen molar-refractivity contribution in [1.82, 2.24) is 4.98 Å². The number of hydrogen-bond donors (Lipinski definition) is 1. The van der Waals surface area contributed by atoms with Gasteiger partial charge < -0.3 is 4.42 Å². The Balaban J connectivity index is 1.93. The van der Waals surface area contributed by atoms with Gasteiger partial charge in [0.05, 0.1) is 16.8 Å². The Morgan fingerprint density at radius 3 is 2.33 bits per heavy atom. The molecule has 3 rings (SSSR count). The number of anilines is 1. The number of aryl methyl sites for hydroxylation is 4. The SMILES string of the molecule is Cc1cc(C)c(NS(=O)(=O)c2ccc(-c3cnc(C)o3)s2)c(C)c1. The molecule has 0 unspecified atom stereocenters. The molecule has 0 aliphatic rings. The van der Waals surface area contributed by atoms with Crippen LogP contribution in [-0.2, 0) is 10.0 Å². The molecule has 0 aliphatic carbocycles. The molecule has 24 heavy (non-hydrogen) atoms. The third kappa shape index (κ3) is 3.22. The van der Waals surface area contributed by atoms with Crippen LogP contribution in [0.1, 0.15) is 22.6 Å². The maximum Gasteiger partial charge on any atom is 0.271 e. The van der Waals surface area contributed by atoms with Crippen LogP contribution in [0.15, 0.2) is 39.1 Å². The van der Waals surface area contributed by atoms with Crippen LogP contribution in [0.2, 0.25) is 0 Å². The maximum atomic E-state index is 12.7. The second-order valence-electron chi connectivity index (χ2n) is 5.74. The van der Waals surface area contributed by atoms with E-state index in [2.05, 4.69) is 9.71 Å². The summed E-state index contributed by atoms with van der Waals surface area (Å²) in [6.07, 6.45) is 1.60. The monoisotopic (exact) mass is 362 g/mol. The van der Waals surface area contributed by atoms with Crippen LogP contribution in [0.5, 0.6) is 0 Å². The highest BCUT2D eigenvalue weighted by molar-refractivity contribution is 7.94. The van der Waals surface area contributed by atoms with E-state index in [1.807, 2.05) is 32.9 Å². The molecule has 0 saturated carbocycles. The number of oxazole rings is 1. The summed E-state index contributed by atoms with van der Waals surface area (Å²) in [5, 5.41) is 0. The third-order valence-corrected chi connectivity index (χ3v) is 6.57. The second-order valence-corrected chi connectivity index (χ2v) is 8.73. The molecule has 2 heterocycles. The summed E-state index contributed by atoms with van der Waals surface area (Å²) in [7, 11) is -3.65. The van der Waals surface area contributed by atoms with Crippen LogP contribution < -0.4 is 4.72 Å². The molecule has 5 nitrogen and oxygen atoms in total. The van der Waals surface area contributed by atoms with Crippen LogP contribution in [0, 0.1) is 27.7 Å². The van der Waals surface area contributed by atoms with Gasteiger partial charge in [-0.05, 0) is 44.0 Å². The van der Waals surface area contributed by atoms with E-state index in [0.717, 1.165) is 32.9 Å². The quantitative estimate of drug-likeness (QED) is 0.745. The molecule has 0 bridgehead atoms. The molecule has 0 aliphatic heterocycles. The highest BCUT2D eigenvalue weighted by atomic mass is 32.2. The number of nitrogens with one attached hydrogen (secondary N) is 1. The minimum Gasteiger partial charge on any atom is -0.440 e. The smallest absolute Gasteiger partial charge is 0.271 e. The summed E-state index contributed by atoms with van der Waals surface area (Å²) in [6, 6.07) is 7.23. The Morgan fingerprint density at radius 2 is 1.75 bits per heavy atom. The van der Waals surface area contributed by atoms with Gasteiger partial charge in [0, 0.05) is 6.92 Å². The minimum absolute atomic E-state index is 0.242. The van der Waals surface area contributed by atoms with Crippen molar-refractivity contribution in [2.45, 2.75) is 31.9 Å². The number of sulfonamides is 1.